The molecular formula is C22H23As. The van der Waals surface area contributed by atoms with Gasteiger partial charge in [-0.25, -0.2) is 0 Å². The molecule has 0 aromatic heterocycles. The van der Waals surface area contributed by atoms with E-state index in [0.717, 1.165) is 5.21 Å². The summed E-state index contributed by atoms with van der Waals surface area (Å²) in [6.07, 6.45) is 0. The summed E-state index contributed by atoms with van der Waals surface area (Å²) in [4.78, 5) is 0. The van der Waals surface area contributed by atoms with Crippen molar-refractivity contribution in [3.63, 3.8) is 0 Å². The summed E-state index contributed by atoms with van der Waals surface area (Å²) in [5.41, 5.74) is 1.27. The van der Waals surface area contributed by atoms with E-state index in [1.54, 1.807) is 0 Å². The first-order valence-corrected chi connectivity index (χ1v) is 12.7. The van der Waals surface area contributed by atoms with Gasteiger partial charge >= 0.3 is 142 Å². The molecule has 0 fully saturated rings. The minimum absolute atomic E-state index is 1.08. The maximum atomic E-state index is 4.26. The van der Waals surface area contributed by atoms with Crippen molar-refractivity contribution in [2.45, 2.75) is 12.1 Å². The second-order valence-corrected chi connectivity index (χ2v) is 14.3. The molecule has 23 heavy (non-hydrogen) atoms. The summed E-state index contributed by atoms with van der Waals surface area (Å²) < 4.78 is 4.48. The Morgan fingerprint density at radius 1 is 0.652 bits per heavy atom. The Hall–Kier alpha value is -2.04. The third kappa shape index (κ3) is 3.18. The van der Waals surface area contributed by atoms with E-state index >= 15 is 0 Å². The van der Waals surface area contributed by atoms with E-state index in [1.807, 2.05) is 0 Å². The van der Waals surface area contributed by atoms with E-state index < -0.39 is 13.6 Å². The van der Waals surface area contributed by atoms with Crippen molar-refractivity contribution >= 4 is 26.6 Å². The SMILES string of the molecule is C=C(C)C[AsH](c1ccccc1)(c1ccccc1)c1ccccc1. The van der Waals surface area contributed by atoms with Crippen molar-refractivity contribution in [1.82, 2.24) is 0 Å². The second kappa shape index (κ2) is 7.02. The first kappa shape index (κ1) is 15.8. The topological polar surface area (TPSA) is 0 Å². The number of hydrogen-bond acceptors (Lipinski definition) is 0. The molecular weight excluding hydrogens is 339 g/mol. The van der Waals surface area contributed by atoms with Gasteiger partial charge in [0, 0.05) is 0 Å². The van der Waals surface area contributed by atoms with Crippen molar-refractivity contribution in [1.29, 1.82) is 0 Å². The first-order valence-electron chi connectivity index (χ1n) is 8.04. The van der Waals surface area contributed by atoms with Crippen LogP contribution in [0.25, 0.3) is 0 Å². The van der Waals surface area contributed by atoms with Gasteiger partial charge in [-0.15, -0.1) is 0 Å². The summed E-state index contributed by atoms with van der Waals surface area (Å²) in [6, 6.07) is 33.2. The number of allylic oxidation sites excluding steroid dienone is 1. The zero-order valence-electron chi connectivity index (χ0n) is 13.6. The van der Waals surface area contributed by atoms with Gasteiger partial charge in [0.25, 0.3) is 0 Å². The van der Waals surface area contributed by atoms with Crippen LogP contribution in [0.3, 0.4) is 0 Å². The Morgan fingerprint density at radius 3 is 1.22 bits per heavy atom. The van der Waals surface area contributed by atoms with Crippen molar-refractivity contribution < 1.29 is 0 Å². The van der Waals surface area contributed by atoms with Gasteiger partial charge < -0.3 is 0 Å². The normalized spacial score (nSPS) is 11.9. The average Bonchev–Trinajstić information content (AvgIpc) is 2.62. The molecule has 0 aliphatic rings. The molecule has 116 valence electrons. The molecule has 0 nitrogen and oxygen atoms in total. The average molecular weight is 362 g/mol. The zero-order chi connectivity index (χ0) is 16.1. The Labute approximate surface area is 142 Å². The Balaban J connectivity index is 2.32. The first-order chi connectivity index (χ1) is 11.2. The predicted octanol–water partition coefficient (Wildman–Crippen LogP) is 3.47. The molecule has 0 saturated heterocycles. The molecule has 0 saturated carbocycles. The van der Waals surface area contributed by atoms with Gasteiger partial charge in [-0.2, -0.15) is 0 Å². The van der Waals surface area contributed by atoms with Crippen LogP contribution in [-0.2, 0) is 0 Å². The van der Waals surface area contributed by atoms with Crippen LogP contribution >= 0.6 is 0 Å². The van der Waals surface area contributed by atoms with E-state index in [0.29, 0.717) is 0 Å². The second-order valence-electron chi connectivity index (χ2n) is 6.14. The van der Waals surface area contributed by atoms with E-state index in [2.05, 4.69) is 104 Å². The van der Waals surface area contributed by atoms with Crippen LogP contribution in [0.15, 0.2) is 103 Å². The maximum absolute atomic E-state index is 4.26. The molecule has 0 radical (unpaired) electrons. The summed E-state index contributed by atoms with van der Waals surface area (Å²) in [5, 5.41) is 1.08. The van der Waals surface area contributed by atoms with Crippen molar-refractivity contribution in [2.75, 3.05) is 0 Å². The fourth-order valence-electron chi connectivity index (χ4n) is 3.43. The van der Waals surface area contributed by atoms with Crippen LogP contribution < -0.4 is 13.1 Å². The molecule has 0 bridgehead atoms. The predicted molar refractivity (Wildman–Crippen MR) is 105 cm³/mol. The van der Waals surface area contributed by atoms with E-state index in [9.17, 15) is 0 Å². The van der Waals surface area contributed by atoms with Crippen molar-refractivity contribution in [3.8, 4) is 0 Å². The summed E-state index contributed by atoms with van der Waals surface area (Å²) in [5.74, 6) is 0. The van der Waals surface area contributed by atoms with Crippen molar-refractivity contribution in [3.05, 3.63) is 103 Å². The van der Waals surface area contributed by atoms with Gasteiger partial charge in [0.05, 0.1) is 0 Å². The van der Waals surface area contributed by atoms with E-state index in [-0.39, 0.29) is 0 Å². The van der Waals surface area contributed by atoms with E-state index in [4.69, 9.17) is 0 Å². The Bertz CT molecular complexity index is 664. The summed E-state index contributed by atoms with van der Waals surface area (Å²) in [6.45, 7) is 6.42. The van der Waals surface area contributed by atoms with Crippen LogP contribution in [0, 0.1) is 0 Å². The molecule has 3 aromatic carbocycles. The fourth-order valence-corrected chi connectivity index (χ4v) is 13.5. The van der Waals surface area contributed by atoms with E-state index in [1.165, 1.54) is 18.6 Å². The molecule has 0 heterocycles. The number of benzene rings is 3. The minimum atomic E-state index is -2.75. The van der Waals surface area contributed by atoms with Gasteiger partial charge in [-0.1, -0.05) is 0 Å². The molecule has 1 heteroatoms. The van der Waals surface area contributed by atoms with Crippen LogP contribution in [0.4, 0.5) is 0 Å². The van der Waals surface area contributed by atoms with Crippen molar-refractivity contribution in [2.24, 2.45) is 0 Å². The fraction of sp³-hybridized carbons (Fsp3) is 0.0909. The molecule has 3 rings (SSSR count). The third-order valence-corrected chi connectivity index (χ3v) is 15.0. The quantitative estimate of drug-likeness (QED) is 0.482. The van der Waals surface area contributed by atoms with Crippen LogP contribution in [0.1, 0.15) is 6.92 Å². The standard InChI is InChI=1S/C22H23As/c1-19(2)18-23(20-12-6-3-7-13-20,21-14-8-4-9-15-21)22-16-10-5-11-17-22/h3-17,23H,1,18H2,2H3. The van der Waals surface area contributed by atoms with Gasteiger partial charge in [0.15, 0.2) is 0 Å². The molecule has 0 spiro atoms. The molecule has 0 amide bonds. The van der Waals surface area contributed by atoms with Crippen LogP contribution in [-0.4, -0.2) is 13.6 Å². The van der Waals surface area contributed by atoms with Gasteiger partial charge in [-0.3, -0.25) is 0 Å². The Morgan fingerprint density at radius 2 is 0.957 bits per heavy atom. The Kier molecular flexibility index (Phi) is 4.84. The summed E-state index contributed by atoms with van der Waals surface area (Å²) in [7, 11) is 0. The summed E-state index contributed by atoms with van der Waals surface area (Å²) >= 11 is -2.75. The third-order valence-electron chi connectivity index (χ3n) is 4.37. The molecule has 0 aliphatic heterocycles. The van der Waals surface area contributed by atoms with Crippen LogP contribution in [0.5, 0.6) is 0 Å². The monoisotopic (exact) mass is 362 g/mol. The van der Waals surface area contributed by atoms with Gasteiger partial charge in [-0.05, 0) is 0 Å². The molecule has 0 N–H and O–H groups in total. The van der Waals surface area contributed by atoms with Gasteiger partial charge in [0.1, 0.15) is 0 Å². The van der Waals surface area contributed by atoms with Gasteiger partial charge in [0.2, 0.25) is 0 Å². The zero-order valence-corrected chi connectivity index (χ0v) is 15.7. The van der Waals surface area contributed by atoms with Crippen LogP contribution in [0.2, 0.25) is 5.21 Å². The molecule has 0 unspecified atom stereocenters. The molecule has 0 atom stereocenters. The number of hydrogen-bond donors (Lipinski definition) is 0. The molecule has 0 aliphatic carbocycles. The molecule has 3 aromatic rings. The number of rotatable bonds is 5.